The predicted octanol–water partition coefficient (Wildman–Crippen LogP) is 12.9. The number of alkyl carbamates (subject to hydrolysis) is 2. The number of carbonyl (C=O) groups excluding carboxylic acids is 4. The highest BCUT2D eigenvalue weighted by molar-refractivity contribution is 5.92. The van der Waals surface area contributed by atoms with Crippen LogP contribution in [-0.4, -0.2) is 24.0 Å². The average molecular weight is 743 g/mol. The minimum Gasteiger partial charge on any atom is -0.459 e. The number of allylic oxidation sites excluding steroid dienone is 4. The van der Waals surface area contributed by atoms with Gasteiger partial charge in [-0.2, -0.15) is 0 Å². The van der Waals surface area contributed by atoms with E-state index in [0.717, 1.165) is 77.0 Å². The topological polar surface area (TPSA) is 124 Å². The van der Waals surface area contributed by atoms with Crippen molar-refractivity contribution in [2.45, 2.75) is 207 Å². The van der Waals surface area contributed by atoms with E-state index in [1.165, 1.54) is 89.9 Å². The molecule has 0 saturated carbocycles. The molecule has 0 fully saturated rings. The second kappa shape index (κ2) is 35.7. The van der Waals surface area contributed by atoms with Gasteiger partial charge in [0, 0.05) is 12.8 Å². The van der Waals surface area contributed by atoms with E-state index in [4.69, 9.17) is 13.9 Å². The Labute approximate surface area is 321 Å². The zero-order valence-electron chi connectivity index (χ0n) is 33.5. The number of unbranched alkanes of at least 4 members (excludes halogenated alkanes) is 22. The van der Waals surface area contributed by atoms with Crippen molar-refractivity contribution in [3.05, 3.63) is 48.0 Å². The van der Waals surface area contributed by atoms with Gasteiger partial charge in [0.25, 0.3) is 0 Å². The summed E-state index contributed by atoms with van der Waals surface area (Å²) in [6.07, 6.45) is 38.8. The van der Waals surface area contributed by atoms with Crippen LogP contribution < -0.4 is 10.6 Å². The molecule has 0 atom stereocenters. The van der Waals surface area contributed by atoms with E-state index < -0.39 is 12.2 Å². The monoisotopic (exact) mass is 743 g/mol. The van der Waals surface area contributed by atoms with Crippen LogP contribution in [0, 0.1) is 0 Å². The summed E-state index contributed by atoms with van der Waals surface area (Å²) in [6.45, 7) is 4.15. The maximum atomic E-state index is 12.1. The van der Waals surface area contributed by atoms with E-state index >= 15 is 0 Å². The van der Waals surface area contributed by atoms with E-state index in [2.05, 4.69) is 48.8 Å². The summed E-state index contributed by atoms with van der Waals surface area (Å²) >= 11 is 0. The van der Waals surface area contributed by atoms with Gasteiger partial charge in [0.1, 0.15) is 11.5 Å². The Balaban J connectivity index is 1.99. The number of hydrogen-bond acceptors (Lipinski definition) is 7. The van der Waals surface area contributed by atoms with E-state index in [9.17, 15) is 19.2 Å². The second-order valence-corrected chi connectivity index (χ2v) is 14.3. The molecule has 9 heteroatoms. The van der Waals surface area contributed by atoms with Crippen LogP contribution in [0.2, 0.25) is 0 Å². The zero-order chi connectivity index (χ0) is 38.5. The van der Waals surface area contributed by atoms with Gasteiger partial charge in [-0.3, -0.25) is 20.2 Å². The fourth-order valence-electron chi connectivity index (χ4n) is 5.99. The van der Waals surface area contributed by atoms with Crippen molar-refractivity contribution in [3.63, 3.8) is 0 Å². The SMILES string of the molecule is CCCCCCCC/C=C\CCCCCCCC(=O)NC(=O)OCc1ccc(COC(=O)NC(=O)CCCCCCC/C=C\CCCCCCCC)o1. The van der Waals surface area contributed by atoms with Gasteiger partial charge < -0.3 is 13.9 Å². The first kappa shape index (κ1) is 47.7. The lowest BCUT2D eigenvalue weighted by Gasteiger charge is -2.06. The molecule has 1 heterocycles. The quantitative estimate of drug-likeness (QED) is 0.0532. The second-order valence-electron chi connectivity index (χ2n) is 14.3. The third kappa shape index (κ3) is 31.8. The summed E-state index contributed by atoms with van der Waals surface area (Å²) in [4.78, 5) is 48.2. The molecule has 53 heavy (non-hydrogen) atoms. The van der Waals surface area contributed by atoms with Crippen molar-refractivity contribution in [3.8, 4) is 0 Å². The van der Waals surface area contributed by atoms with Crippen molar-refractivity contribution >= 4 is 24.0 Å². The fraction of sp³-hybridized carbons (Fsp3) is 0.727. The lowest BCUT2D eigenvalue weighted by atomic mass is 10.1. The van der Waals surface area contributed by atoms with Gasteiger partial charge >= 0.3 is 12.2 Å². The lowest BCUT2D eigenvalue weighted by Crippen LogP contribution is -2.30. The summed E-state index contributed by atoms with van der Waals surface area (Å²) in [6, 6.07) is 3.18. The van der Waals surface area contributed by atoms with Crippen molar-refractivity contribution in [2.75, 3.05) is 0 Å². The van der Waals surface area contributed by atoms with E-state index in [1.54, 1.807) is 12.1 Å². The molecular formula is C44H74N2O7. The number of carbonyl (C=O) groups is 4. The first-order valence-corrected chi connectivity index (χ1v) is 21.2. The van der Waals surface area contributed by atoms with Crippen LogP contribution in [0.15, 0.2) is 40.9 Å². The number of rotatable bonds is 34. The molecule has 1 aromatic rings. The summed E-state index contributed by atoms with van der Waals surface area (Å²) in [7, 11) is 0. The molecule has 1 aromatic heterocycles. The van der Waals surface area contributed by atoms with Gasteiger partial charge in [-0.1, -0.05) is 141 Å². The van der Waals surface area contributed by atoms with E-state index in [-0.39, 0.29) is 37.9 Å². The highest BCUT2D eigenvalue weighted by atomic mass is 16.6. The molecule has 1 rings (SSSR count). The van der Waals surface area contributed by atoms with Gasteiger partial charge in [0.2, 0.25) is 11.8 Å². The minimum atomic E-state index is -0.832. The molecule has 4 amide bonds. The molecule has 0 bridgehead atoms. The maximum Gasteiger partial charge on any atom is 0.414 e. The fourth-order valence-corrected chi connectivity index (χ4v) is 5.99. The Morgan fingerprint density at radius 1 is 0.472 bits per heavy atom. The highest BCUT2D eigenvalue weighted by Crippen LogP contribution is 2.13. The maximum absolute atomic E-state index is 12.1. The zero-order valence-corrected chi connectivity index (χ0v) is 33.5. The van der Waals surface area contributed by atoms with Crippen LogP contribution in [0.25, 0.3) is 0 Å². The molecule has 0 unspecified atom stereocenters. The Morgan fingerprint density at radius 2 is 0.774 bits per heavy atom. The summed E-state index contributed by atoms with van der Waals surface area (Å²) in [5.74, 6) is -0.0498. The van der Waals surface area contributed by atoms with E-state index in [0.29, 0.717) is 11.5 Å². The number of imide groups is 2. The third-order valence-electron chi connectivity index (χ3n) is 9.22. The molecular weight excluding hydrogens is 668 g/mol. The molecule has 0 aromatic carbocycles. The number of hydrogen-bond donors (Lipinski definition) is 2. The summed E-state index contributed by atoms with van der Waals surface area (Å²) in [5, 5.41) is 4.49. The van der Waals surface area contributed by atoms with Gasteiger partial charge in [0.05, 0.1) is 0 Å². The van der Waals surface area contributed by atoms with Crippen LogP contribution in [-0.2, 0) is 32.3 Å². The smallest absolute Gasteiger partial charge is 0.414 e. The van der Waals surface area contributed by atoms with Crippen LogP contribution in [0.1, 0.15) is 205 Å². The van der Waals surface area contributed by atoms with Gasteiger partial charge in [-0.25, -0.2) is 9.59 Å². The Hall–Kier alpha value is -3.36. The lowest BCUT2D eigenvalue weighted by molar-refractivity contribution is -0.121. The molecule has 9 nitrogen and oxygen atoms in total. The molecule has 2 N–H and O–H groups in total. The number of amides is 4. The predicted molar refractivity (Wildman–Crippen MR) is 214 cm³/mol. The molecule has 0 saturated heterocycles. The first-order valence-electron chi connectivity index (χ1n) is 21.2. The highest BCUT2D eigenvalue weighted by Gasteiger charge is 2.13. The molecule has 0 radical (unpaired) electrons. The molecule has 0 aliphatic heterocycles. The normalized spacial score (nSPS) is 11.4. The molecule has 0 spiro atoms. The van der Waals surface area contributed by atoms with Crippen molar-refractivity contribution in [1.82, 2.24) is 10.6 Å². The minimum absolute atomic E-state index is 0.173. The van der Waals surface area contributed by atoms with E-state index in [1.807, 2.05) is 0 Å². The van der Waals surface area contributed by atoms with Gasteiger partial charge in [-0.05, 0) is 76.3 Å². The number of ether oxygens (including phenoxy) is 2. The summed E-state index contributed by atoms with van der Waals surface area (Å²) < 4.78 is 15.7. The van der Waals surface area contributed by atoms with Gasteiger partial charge in [0.15, 0.2) is 13.2 Å². The van der Waals surface area contributed by atoms with Crippen LogP contribution in [0.4, 0.5) is 9.59 Å². The number of furan rings is 1. The Bertz CT molecular complexity index is 1040. The Kier molecular flexibility index (Phi) is 32.1. The van der Waals surface area contributed by atoms with Crippen LogP contribution >= 0.6 is 0 Å². The first-order chi connectivity index (χ1) is 25.9. The largest absolute Gasteiger partial charge is 0.459 e. The van der Waals surface area contributed by atoms with Crippen LogP contribution in [0.3, 0.4) is 0 Å². The summed E-state index contributed by atoms with van der Waals surface area (Å²) in [5.41, 5.74) is 0. The molecule has 0 aliphatic rings. The molecule has 302 valence electrons. The van der Waals surface area contributed by atoms with Crippen molar-refractivity contribution < 1.29 is 33.1 Å². The van der Waals surface area contributed by atoms with Crippen LogP contribution in [0.5, 0.6) is 0 Å². The standard InChI is InChI=1S/C44H74N2O7/c1-3-5-7-9-11-13-15-17-19-21-23-25-27-29-31-33-41(47)45-43(49)51-37-39-35-36-40(53-39)38-52-44(50)46-42(48)34-32-30-28-26-24-22-20-18-16-14-12-10-8-6-4-2/h17-20,35-36H,3-16,21-34,37-38H2,1-2H3,(H,45,47,49)(H,46,48,50)/b19-17-,20-18-. The third-order valence-corrected chi connectivity index (χ3v) is 9.22. The van der Waals surface area contributed by atoms with Crippen molar-refractivity contribution in [2.24, 2.45) is 0 Å². The van der Waals surface area contributed by atoms with Gasteiger partial charge in [-0.15, -0.1) is 0 Å². The Morgan fingerprint density at radius 3 is 1.11 bits per heavy atom. The number of nitrogens with one attached hydrogen (secondary N) is 2. The van der Waals surface area contributed by atoms with Crippen molar-refractivity contribution in [1.29, 1.82) is 0 Å². The molecule has 0 aliphatic carbocycles. The average Bonchev–Trinajstić information content (AvgIpc) is 3.61.